The van der Waals surface area contributed by atoms with Gasteiger partial charge in [0, 0.05) is 18.9 Å². The number of hydrogen-bond donors (Lipinski definition) is 0. The fourth-order valence-corrected chi connectivity index (χ4v) is 1.36. The van der Waals surface area contributed by atoms with E-state index in [0.29, 0.717) is 13.2 Å². The van der Waals surface area contributed by atoms with Gasteiger partial charge in [0.15, 0.2) is 0 Å². The van der Waals surface area contributed by atoms with E-state index < -0.39 is 0 Å². The van der Waals surface area contributed by atoms with E-state index in [2.05, 4.69) is 4.98 Å². The number of hydrogen-bond acceptors (Lipinski definition) is 4. The van der Waals surface area contributed by atoms with E-state index in [1.165, 1.54) is 0 Å². The molecule has 0 spiro atoms. The maximum absolute atomic E-state index is 11.5. The molecule has 0 fully saturated rings. The summed E-state index contributed by atoms with van der Waals surface area (Å²) in [7, 11) is 1.90. The molecular formula is C12H18N2O2. The number of aromatic nitrogens is 1. The molecule has 0 N–H and O–H groups in total. The van der Waals surface area contributed by atoms with Crippen molar-refractivity contribution in [2.24, 2.45) is 0 Å². The summed E-state index contributed by atoms with van der Waals surface area (Å²) in [4.78, 5) is 17.4. The number of rotatable bonds is 5. The molecule has 0 saturated heterocycles. The largest absolute Gasteiger partial charge is 0.465 e. The van der Waals surface area contributed by atoms with Gasteiger partial charge in [0.1, 0.15) is 6.04 Å². The van der Waals surface area contributed by atoms with Crippen LogP contribution in [-0.4, -0.2) is 35.5 Å². The summed E-state index contributed by atoms with van der Waals surface area (Å²) in [6, 6.07) is 3.65. The lowest BCUT2D eigenvalue weighted by atomic mass is 10.2. The molecule has 4 nitrogen and oxygen atoms in total. The Hall–Kier alpha value is -1.42. The van der Waals surface area contributed by atoms with E-state index >= 15 is 0 Å². The molecule has 0 aliphatic heterocycles. The van der Waals surface area contributed by atoms with Gasteiger partial charge in [-0.3, -0.25) is 14.7 Å². The maximum Gasteiger partial charge on any atom is 0.323 e. The topological polar surface area (TPSA) is 42.4 Å². The van der Waals surface area contributed by atoms with Crippen LogP contribution < -0.4 is 0 Å². The highest BCUT2D eigenvalue weighted by molar-refractivity contribution is 5.75. The van der Waals surface area contributed by atoms with Crippen LogP contribution in [0.15, 0.2) is 24.5 Å². The zero-order valence-corrected chi connectivity index (χ0v) is 10.0. The van der Waals surface area contributed by atoms with E-state index in [9.17, 15) is 4.79 Å². The van der Waals surface area contributed by atoms with Crippen molar-refractivity contribution in [2.45, 2.75) is 26.4 Å². The van der Waals surface area contributed by atoms with Crippen molar-refractivity contribution in [3.05, 3.63) is 30.1 Å². The Morgan fingerprint density at radius 3 is 2.69 bits per heavy atom. The number of likely N-dealkylation sites (N-methyl/N-ethyl adjacent to an activating group) is 1. The second-order valence-electron chi connectivity index (χ2n) is 3.70. The summed E-state index contributed by atoms with van der Waals surface area (Å²) in [5, 5.41) is 0. The number of esters is 1. The summed E-state index contributed by atoms with van der Waals surface area (Å²) in [5.41, 5.74) is 1.13. The Labute approximate surface area is 96.2 Å². The van der Waals surface area contributed by atoms with E-state index in [1.54, 1.807) is 12.4 Å². The van der Waals surface area contributed by atoms with Gasteiger partial charge in [0.2, 0.25) is 0 Å². The first-order chi connectivity index (χ1) is 7.65. The van der Waals surface area contributed by atoms with Crippen molar-refractivity contribution >= 4 is 5.97 Å². The first-order valence-electron chi connectivity index (χ1n) is 5.41. The lowest BCUT2D eigenvalue weighted by molar-refractivity contribution is -0.148. The Kier molecular flexibility index (Phi) is 4.92. The van der Waals surface area contributed by atoms with Gasteiger partial charge in [0.25, 0.3) is 0 Å². The Morgan fingerprint density at radius 2 is 2.12 bits per heavy atom. The molecule has 0 amide bonds. The van der Waals surface area contributed by atoms with Crippen molar-refractivity contribution < 1.29 is 9.53 Å². The van der Waals surface area contributed by atoms with Gasteiger partial charge in [0.05, 0.1) is 6.61 Å². The smallest absolute Gasteiger partial charge is 0.323 e. The lowest BCUT2D eigenvalue weighted by Crippen LogP contribution is -2.36. The highest BCUT2D eigenvalue weighted by atomic mass is 16.5. The molecular weight excluding hydrogens is 204 g/mol. The Morgan fingerprint density at radius 1 is 1.50 bits per heavy atom. The average molecular weight is 222 g/mol. The van der Waals surface area contributed by atoms with Crippen molar-refractivity contribution in [1.82, 2.24) is 9.88 Å². The molecule has 1 unspecified atom stereocenters. The molecule has 0 bridgehead atoms. The minimum Gasteiger partial charge on any atom is -0.465 e. The summed E-state index contributed by atoms with van der Waals surface area (Å²) < 4.78 is 4.97. The van der Waals surface area contributed by atoms with E-state index in [0.717, 1.165) is 5.56 Å². The highest BCUT2D eigenvalue weighted by Gasteiger charge is 2.18. The third-order valence-electron chi connectivity index (χ3n) is 2.47. The van der Waals surface area contributed by atoms with Gasteiger partial charge in [-0.05, 0) is 38.6 Å². The molecule has 0 aliphatic carbocycles. The second kappa shape index (κ2) is 6.23. The highest BCUT2D eigenvalue weighted by Crippen LogP contribution is 2.06. The van der Waals surface area contributed by atoms with Crippen LogP contribution in [0.2, 0.25) is 0 Å². The number of pyridine rings is 1. The molecule has 1 aromatic heterocycles. The molecule has 1 rings (SSSR count). The summed E-state index contributed by atoms with van der Waals surface area (Å²) in [5.74, 6) is -0.181. The first-order valence-corrected chi connectivity index (χ1v) is 5.41. The normalized spacial score (nSPS) is 12.5. The minimum absolute atomic E-state index is 0.181. The Balaban J connectivity index is 2.52. The summed E-state index contributed by atoms with van der Waals surface area (Å²) in [6.07, 6.45) is 3.50. The van der Waals surface area contributed by atoms with Gasteiger partial charge in [-0.25, -0.2) is 0 Å². The predicted molar refractivity (Wildman–Crippen MR) is 61.8 cm³/mol. The van der Waals surface area contributed by atoms with Crippen LogP contribution in [0.25, 0.3) is 0 Å². The first kappa shape index (κ1) is 12.6. The third-order valence-corrected chi connectivity index (χ3v) is 2.47. The number of ether oxygens (including phenoxy) is 1. The van der Waals surface area contributed by atoms with Gasteiger partial charge < -0.3 is 4.74 Å². The van der Waals surface area contributed by atoms with Gasteiger partial charge in [-0.15, -0.1) is 0 Å². The molecule has 0 aromatic carbocycles. The van der Waals surface area contributed by atoms with Crippen molar-refractivity contribution in [2.75, 3.05) is 13.7 Å². The van der Waals surface area contributed by atoms with Gasteiger partial charge in [-0.1, -0.05) is 0 Å². The van der Waals surface area contributed by atoms with Crippen LogP contribution in [0.1, 0.15) is 19.4 Å². The molecule has 0 saturated carbocycles. The lowest BCUT2D eigenvalue weighted by Gasteiger charge is -2.22. The molecule has 16 heavy (non-hydrogen) atoms. The zero-order chi connectivity index (χ0) is 12.0. The molecule has 0 aliphatic rings. The van der Waals surface area contributed by atoms with Crippen LogP contribution in [0.4, 0.5) is 0 Å². The number of nitrogens with zero attached hydrogens (tertiary/aromatic N) is 2. The SMILES string of the molecule is CCOC(=O)C(C)N(C)Cc1ccncc1. The van der Waals surface area contributed by atoms with E-state index in [-0.39, 0.29) is 12.0 Å². The summed E-state index contributed by atoms with van der Waals surface area (Å²) >= 11 is 0. The maximum atomic E-state index is 11.5. The molecule has 1 heterocycles. The molecule has 4 heteroatoms. The summed E-state index contributed by atoms with van der Waals surface area (Å²) in [6.45, 7) is 4.79. The second-order valence-corrected chi connectivity index (χ2v) is 3.70. The average Bonchev–Trinajstić information content (AvgIpc) is 2.29. The van der Waals surface area contributed by atoms with Gasteiger partial charge in [-0.2, -0.15) is 0 Å². The van der Waals surface area contributed by atoms with Gasteiger partial charge >= 0.3 is 5.97 Å². The van der Waals surface area contributed by atoms with Crippen LogP contribution in [0, 0.1) is 0 Å². The number of carbonyl (C=O) groups excluding carboxylic acids is 1. The van der Waals surface area contributed by atoms with Crippen molar-refractivity contribution in [3.63, 3.8) is 0 Å². The third kappa shape index (κ3) is 3.62. The quantitative estimate of drug-likeness (QED) is 0.707. The molecule has 1 aromatic rings. The monoisotopic (exact) mass is 222 g/mol. The minimum atomic E-state index is -0.229. The fourth-order valence-electron chi connectivity index (χ4n) is 1.36. The number of carbonyl (C=O) groups is 1. The van der Waals surface area contributed by atoms with E-state index in [4.69, 9.17) is 4.74 Å². The molecule has 88 valence electrons. The van der Waals surface area contributed by atoms with Crippen molar-refractivity contribution in [1.29, 1.82) is 0 Å². The van der Waals surface area contributed by atoms with E-state index in [1.807, 2.05) is 37.9 Å². The standard InChI is InChI=1S/C12H18N2O2/c1-4-16-12(15)10(2)14(3)9-11-5-7-13-8-6-11/h5-8,10H,4,9H2,1-3H3. The fraction of sp³-hybridized carbons (Fsp3) is 0.500. The molecule has 1 atom stereocenters. The van der Waals surface area contributed by atoms with Crippen LogP contribution in [0.5, 0.6) is 0 Å². The van der Waals surface area contributed by atoms with Crippen molar-refractivity contribution in [3.8, 4) is 0 Å². The molecule has 0 radical (unpaired) electrons. The predicted octanol–water partition coefficient (Wildman–Crippen LogP) is 1.46. The zero-order valence-electron chi connectivity index (χ0n) is 10.0. The van der Waals surface area contributed by atoms with Crippen LogP contribution in [-0.2, 0) is 16.1 Å². The Bertz CT molecular complexity index is 327. The van der Waals surface area contributed by atoms with Crippen LogP contribution >= 0.6 is 0 Å². The van der Waals surface area contributed by atoms with Crippen LogP contribution in [0.3, 0.4) is 0 Å².